The van der Waals surface area contributed by atoms with E-state index in [0.29, 0.717) is 0 Å². The van der Waals surface area contributed by atoms with Crippen molar-refractivity contribution in [3.8, 4) is 0 Å². The molecule has 0 aliphatic carbocycles. The molecule has 3 aromatic carbocycles. The second kappa shape index (κ2) is 5.43. The SMILES string of the molecule is c1ccc(C(c2ccccc2)(c2ccccc2)[C@H]2CO2)cc1. The first kappa shape index (κ1) is 13.3. The summed E-state index contributed by atoms with van der Waals surface area (Å²) >= 11 is 0. The summed E-state index contributed by atoms with van der Waals surface area (Å²) in [5.41, 5.74) is 3.63. The maximum absolute atomic E-state index is 5.84. The molecule has 108 valence electrons. The van der Waals surface area contributed by atoms with Crippen LogP contribution in [0, 0.1) is 0 Å². The van der Waals surface area contributed by atoms with Gasteiger partial charge in [-0.25, -0.2) is 0 Å². The molecule has 3 aromatic rings. The van der Waals surface area contributed by atoms with E-state index in [9.17, 15) is 0 Å². The lowest BCUT2D eigenvalue weighted by atomic mass is 9.67. The molecule has 22 heavy (non-hydrogen) atoms. The Morgan fingerprint density at radius 1 is 0.591 bits per heavy atom. The fourth-order valence-corrected chi connectivity index (χ4v) is 3.46. The first-order valence-corrected chi connectivity index (χ1v) is 7.70. The van der Waals surface area contributed by atoms with Gasteiger partial charge in [0.2, 0.25) is 0 Å². The van der Waals surface area contributed by atoms with Gasteiger partial charge in [-0.3, -0.25) is 0 Å². The quantitative estimate of drug-likeness (QED) is 0.511. The second-order valence-electron chi connectivity index (χ2n) is 5.73. The zero-order valence-corrected chi connectivity index (χ0v) is 12.4. The third kappa shape index (κ3) is 2.06. The van der Waals surface area contributed by atoms with Crippen LogP contribution >= 0.6 is 0 Å². The maximum atomic E-state index is 5.84. The molecule has 0 saturated carbocycles. The summed E-state index contributed by atoms with van der Waals surface area (Å²) in [7, 11) is 0. The summed E-state index contributed by atoms with van der Waals surface area (Å²) < 4.78 is 5.84. The molecule has 1 heterocycles. The van der Waals surface area contributed by atoms with Crippen LogP contribution in [-0.2, 0) is 10.2 Å². The van der Waals surface area contributed by atoms with Crippen molar-refractivity contribution in [2.24, 2.45) is 0 Å². The highest BCUT2D eigenvalue weighted by atomic mass is 16.6. The lowest BCUT2D eigenvalue weighted by Crippen LogP contribution is -2.35. The molecule has 0 spiro atoms. The Labute approximate surface area is 131 Å². The molecule has 0 N–H and O–H groups in total. The van der Waals surface area contributed by atoms with E-state index in [2.05, 4.69) is 91.0 Å². The highest BCUT2D eigenvalue weighted by Gasteiger charge is 2.50. The maximum Gasteiger partial charge on any atom is 0.0987 e. The molecule has 1 saturated heterocycles. The van der Waals surface area contributed by atoms with Crippen molar-refractivity contribution < 1.29 is 4.74 Å². The van der Waals surface area contributed by atoms with Gasteiger partial charge in [0, 0.05) is 0 Å². The van der Waals surface area contributed by atoms with E-state index in [1.165, 1.54) is 16.7 Å². The predicted octanol–water partition coefficient (Wildman–Crippen LogP) is 4.42. The van der Waals surface area contributed by atoms with E-state index >= 15 is 0 Å². The Bertz CT molecular complexity index is 634. The molecule has 0 amide bonds. The summed E-state index contributed by atoms with van der Waals surface area (Å²) in [5, 5.41) is 0. The van der Waals surface area contributed by atoms with Gasteiger partial charge in [-0.1, -0.05) is 91.0 Å². The Morgan fingerprint density at radius 2 is 0.909 bits per heavy atom. The molecule has 1 aliphatic rings. The molecule has 1 atom stereocenters. The Hall–Kier alpha value is -2.38. The summed E-state index contributed by atoms with van der Waals surface area (Å²) in [6.07, 6.45) is 0.194. The van der Waals surface area contributed by atoms with Crippen LogP contribution in [0.5, 0.6) is 0 Å². The largest absolute Gasteiger partial charge is 0.371 e. The molecule has 1 aliphatic heterocycles. The highest BCUT2D eigenvalue weighted by Crippen LogP contribution is 2.47. The van der Waals surface area contributed by atoms with Crippen LogP contribution in [0.15, 0.2) is 91.0 Å². The van der Waals surface area contributed by atoms with Crippen LogP contribution in [-0.4, -0.2) is 12.7 Å². The molecule has 0 radical (unpaired) electrons. The minimum Gasteiger partial charge on any atom is -0.371 e. The summed E-state index contributed by atoms with van der Waals surface area (Å²) in [5.74, 6) is 0. The molecule has 0 aromatic heterocycles. The van der Waals surface area contributed by atoms with Gasteiger partial charge in [0.25, 0.3) is 0 Å². The van der Waals surface area contributed by atoms with Gasteiger partial charge in [0.1, 0.15) is 0 Å². The van der Waals surface area contributed by atoms with Crippen LogP contribution in [0.25, 0.3) is 0 Å². The fraction of sp³-hybridized carbons (Fsp3) is 0.143. The number of epoxide rings is 1. The minimum atomic E-state index is -0.232. The summed E-state index contributed by atoms with van der Waals surface area (Å²) in [6.45, 7) is 0.804. The minimum absolute atomic E-state index is 0.194. The van der Waals surface area contributed by atoms with Crippen molar-refractivity contribution in [3.05, 3.63) is 108 Å². The van der Waals surface area contributed by atoms with Crippen molar-refractivity contribution in [1.82, 2.24) is 0 Å². The van der Waals surface area contributed by atoms with Crippen molar-refractivity contribution in [2.45, 2.75) is 11.5 Å². The number of ether oxygens (including phenoxy) is 1. The third-order valence-electron chi connectivity index (χ3n) is 4.50. The summed E-state index contributed by atoms with van der Waals surface area (Å²) in [4.78, 5) is 0. The van der Waals surface area contributed by atoms with Gasteiger partial charge in [0.15, 0.2) is 0 Å². The average Bonchev–Trinajstić information content (AvgIpc) is 3.44. The van der Waals surface area contributed by atoms with Gasteiger partial charge in [-0.15, -0.1) is 0 Å². The van der Waals surface area contributed by atoms with Crippen molar-refractivity contribution in [1.29, 1.82) is 0 Å². The van der Waals surface area contributed by atoms with Crippen molar-refractivity contribution in [2.75, 3.05) is 6.61 Å². The molecular weight excluding hydrogens is 268 g/mol. The van der Waals surface area contributed by atoms with E-state index in [1.54, 1.807) is 0 Å². The molecule has 0 unspecified atom stereocenters. The van der Waals surface area contributed by atoms with Gasteiger partial charge < -0.3 is 4.74 Å². The van der Waals surface area contributed by atoms with Crippen LogP contribution in [0.4, 0.5) is 0 Å². The second-order valence-corrected chi connectivity index (χ2v) is 5.73. The monoisotopic (exact) mass is 286 g/mol. The van der Waals surface area contributed by atoms with E-state index in [4.69, 9.17) is 4.74 Å². The first-order chi connectivity index (χ1) is 10.9. The predicted molar refractivity (Wildman–Crippen MR) is 88.9 cm³/mol. The van der Waals surface area contributed by atoms with Crippen LogP contribution in [0.1, 0.15) is 16.7 Å². The molecule has 1 fully saturated rings. The fourth-order valence-electron chi connectivity index (χ4n) is 3.46. The van der Waals surface area contributed by atoms with Crippen LogP contribution in [0.3, 0.4) is 0 Å². The van der Waals surface area contributed by atoms with Crippen LogP contribution in [0.2, 0.25) is 0 Å². The van der Waals surface area contributed by atoms with Gasteiger partial charge in [0.05, 0.1) is 18.1 Å². The highest BCUT2D eigenvalue weighted by molar-refractivity contribution is 5.53. The van der Waals surface area contributed by atoms with Gasteiger partial charge >= 0.3 is 0 Å². The molecule has 4 rings (SSSR count). The van der Waals surface area contributed by atoms with Gasteiger partial charge in [-0.05, 0) is 16.7 Å². The third-order valence-corrected chi connectivity index (χ3v) is 4.50. The lowest BCUT2D eigenvalue weighted by Gasteiger charge is -2.34. The normalized spacial score (nSPS) is 17.2. The zero-order valence-electron chi connectivity index (χ0n) is 12.4. The van der Waals surface area contributed by atoms with Crippen LogP contribution < -0.4 is 0 Å². The Balaban J connectivity index is 2.02. The molecular formula is C21H18O. The Morgan fingerprint density at radius 3 is 1.18 bits per heavy atom. The lowest BCUT2D eigenvalue weighted by molar-refractivity contribution is 0.349. The zero-order chi connectivity index (χ0) is 14.8. The number of benzene rings is 3. The van der Waals surface area contributed by atoms with E-state index in [1.807, 2.05) is 0 Å². The summed E-state index contributed by atoms with van der Waals surface area (Å²) in [6, 6.07) is 32.1. The smallest absolute Gasteiger partial charge is 0.0987 e. The average molecular weight is 286 g/mol. The van der Waals surface area contributed by atoms with E-state index < -0.39 is 0 Å². The molecule has 0 bridgehead atoms. The Kier molecular flexibility index (Phi) is 3.28. The number of rotatable bonds is 4. The van der Waals surface area contributed by atoms with Gasteiger partial charge in [-0.2, -0.15) is 0 Å². The molecule has 1 nitrogen and oxygen atoms in total. The number of hydrogen-bond acceptors (Lipinski definition) is 1. The van der Waals surface area contributed by atoms with Crippen molar-refractivity contribution >= 4 is 0 Å². The van der Waals surface area contributed by atoms with E-state index in [-0.39, 0.29) is 11.5 Å². The topological polar surface area (TPSA) is 12.5 Å². The first-order valence-electron chi connectivity index (χ1n) is 7.70. The molecule has 1 heteroatoms. The van der Waals surface area contributed by atoms with E-state index in [0.717, 1.165) is 6.61 Å². The van der Waals surface area contributed by atoms with Crippen molar-refractivity contribution in [3.63, 3.8) is 0 Å². The number of hydrogen-bond donors (Lipinski definition) is 0. The standard InChI is InChI=1S/C21H18O/c1-4-10-17(11-5-1)21(20-16-22-20,18-12-6-2-7-13-18)19-14-8-3-9-15-19/h1-15,20H,16H2/t20-/m1/s1.